The van der Waals surface area contributed by atoms with Crippen molar-refractivity contribution in [2.75, 3.05) is 13.7 Å². The highest BCUT2D eigenvalue weighted by molar-refractivity contribution is 5.99. The van der Waals surface area contributed by atoms with Crippen molar-refractivity contribution in [2.24, 2.45) is 0 Å². The van der Waals surface area contributed by atoms with E-state index in [1.807, 2.05) is 6.92 Å². The van der Waals surface area contributed by atoms with Crippen molar-refractivity contribution in [3.63, 3.8) is 0 Å². The van der Waals surface area contributed by atoms with Crippen LogP contribution in [-0.4, -0.2) is 42.1 Å². The number of ether oxygens (including phenoxy) is 2. The zero-order valence-corrected chi connectivity index (χ0v) is 15.2. The highest BCUT2D eigenvalue weighted by Crippen LogP contribution is 2.28. The van der Waals surface area contributed by atoms with Crippen LogP contribution in [0.1, 0.15) is 64.7 Å². The Hall–Kier alpha value is -2.82. The van der Waals surface area contributed by atoms with Gasteiger partial charge in [-0.2, -0.15) is 5.26 Å². The predicted molar refractivity (Wildman–Crippen MR) is 91.5 cm³/mol. The van der Waals surface area contributed by atoms with E-state index in [9.17, 15) is 19.6 Å². The summed E-state index contributed by atoms with van der Waals surface area (Å²) in [6, 6.07) is 2.14. The van der Waals surface area contributed by atoms with E-state index in [1.54, 1.807) is 6.92 Å². The quantitative estimate of drug-likeness (QED) is 0.745. The van der Waals surface area contributed by atoms with E-state index < -0.39 is 30.0 Å². The SMILES string of the molecule is CCc1[nH]c(C(=O)OCC(=O)NC2(C#N)CCCC2)c(C)c1C(=O)OC. The molecule has 0 bridgehead atoms. The summed E-state index contributed by atoms with van der Waals surface area (Å²) in [5, 5.41) is 11.9. The minimum Gasteiger partial charge on any atom is -0.465 e. The van der Waals surface area contributed by atoms with Gasteiger partial charge in [-0.25, -0.2) is 9.59 Å². The van der Waals surface area contributed by atoms with E-state index >= 15 is 0 Å². The van der Waals surface area contributed by atoms with Gasteiger partial charge in [-0.1, -0.05) is 6.92 Å². The van der Waals surface area contributed by atoms with Crippen molar-refractivity contribution in [1.29, 1.82) is 5.26 Å². The number of methoxy groups -OCH3 is 1. The number of carbonyl (C=O) groups excluding carboxylic acids is 3. The number of nitrogens with zero attached hydrogens (tertiary/aromatic N) is 1. The van der Waals surface area contributed by atoms with Crippen molar-refractivity contribution in [2.45, 2.75) is 51.5 Å². The third-order valence-corrected chi connectivity index (χ3v) is 4.66. The molecule has 2 N–H and O–H groups in total. The third kappa shape index (κ3) is 3.87. The van der Waals surface area contributed by atoms with Gasteiger partial charge in [0.05, 0.1) is 18.7 Å². The second-order valence-corrected chi connectivity index (χ2v) is 6.35. The number of aromatic nitrogens is 1. The molecular weight excluding hydrogens is 338 g/mol. The molecular formula is C18H23N3O5. The van der Waals surface area contributed by atoms with E-state index in [1.165, 1.54) is 7.11 Å². The van der Waals surface area contributed by atoms with E-state index in [2.05, 4.69) is 16.4 Å². The molecule has 0 unspecified atom stereocenters. The molecule has 0 aliphatic heterocycles. The van der Waals surface area contributed by atoms with Gasteiger partial charge >= 0.3 is 11.9 Å². The Bertz CT molecular complexity index is 754. The molecule has 1 heterocycles. The maximum Gasteiger partial charge on any atom is 0.355 e. The Morgan fingerprint density at radius 2 is 1.92 bits per heavy atom. The Balaban J connectivity index is 2.04. The number of aromatic amines is 1. The highest BCUT2D eigenvalue weighted by Gasteiger charge is 2.35. The normalized spacial score (nSPS) is 15.2. The molecule has 0 radical (unpaired) electrons. The second kappa shape index (κ2) is 8.04. The van der Waals surface area contributed by atoms with Gasteiger partial charge in [0.2, 0.25) is 0 Å². The van der Waals surface area contributed by atoms with Gasteiger partial charge in [0.25, 0.3) is 5.91 Å². The molecule has 1 saturated carbocycles. The first-order valence-electron chi connectivity index (χ1n) is 8.56. The topological polar surface area (TPSA) is 121 Å². The van der Waals surface area contributed by atoms with Gasteiger partial charge in [0.15, 0.2) is 6.61 Å². The van der Waals surface area contributed by atoms with Crippen LogP contribution in [0, 0.1) is 18.3 Å². The number of rotatable bonds is 6. The second-order valence-electron chi connectivity index (χ2n) is 6.35. The largest absolute Gasteiger partial charge is 0.465 e. The molecule has 2 rings (SSSR count). The van der Waals surface area contributed by atoms with E-state index in [0.29, 0.717) is 36.1 Å². The molecule has 0 saturated heterocycles. The van der Waals surface area contributed by atoms with Crippen LogP contribution in [0.15, 0.2) is 0 Å². The lowest BCUT2D eigenvalue weighted by molar-refractivity contribution is -0.125. The lowest BCUT2D eigenvalue weighted by Gasteiger charge is -2.21. The number of carbonyl (C=O) groups is 3. The maximum absolute atomic E-state index is 12.3. The Morgan fingerprint density at radius 3 is 2.46 bits per heavy atom. The summed E-state index contributed by atoms with van der Waals surface area (Å²) in [4.78, 5) is 39.1. The molecule has 0 spiro atoms. The molecule has 8 heteroatoms. The first-order chi connectivity index (χ1) is 12.4. The number of nitrogens with one attached hydrogen (secondary N) is 2. The summed E-state index contributed by atoms with van der Waals surface area (Å²) in [6.07, 6.45) is 3.46. The molecule has 0 atom stereocenters. The molecule has 1 aromatic rings. The minimum atomic E-state index is -0.862. The van der Waals surface area contributed by atoms with Crippen molar-refractivity contribution in [1.82, 2.24) is 10.3 Å². The maximum atomic E-state index is 12.3. The number of hydrogen-bond acceptors (Lipinski definition) is 6. The van der Waals surface area contributed by atoms with Crippen LogP contribution in [0.3, 0.4) is 0 Å². The number of amides is 1. The average Bonchev–Trinajstić information content (AvgIpc) is 3.23. The lowest BCUT2D eigenvalue weighted by Crippen LogP contribution is -2.46. The van der Waals surface area contributed by atoms with Crippen molar-refractivity contribution in [3.05, 3.63) is 22.5 Å². The van der Waals surface area contributed by atoms with Crippen molar-refractivity contribution in [3.8, 4) is 6.07 Å². The monoisotopic (exact) mass is 361 g/mol. The van der Waals surface area contributed by atoms with Crippen LogP contribution in [0.4, 0.5) is 0 Å². The summed E-state index contributed by atoms with van der Waals surface area (Å²) >= 11 is 0. The zero-order chi connectivity index (χ0) is 19.3. The number of esters is 2. The van der Waals surface area contributed by atoms with E-state index in [0.717, 1.165) is 12.8 Å². The van der Waals surface area contributed by atoms with Gasteiger partial charge in [-0.05, 0) is 44.6 Å². The molecule has 8 nitrogen and oxygen atoms in total. The molecule has 0 aromatic carbocycles. The predicted octanol–water partition coefficient (Wildman–Crippen LogP) is 1.78. The summed E-state index contributed by atoms with van der Waals surface area (Å²) in [5.74, 6) is -1.79. The van der Waals surface area contributed by atoms with Gasteiger partial charge in [-0.3, -0.25) is 4.79 Å². The fraction of sp³-hybridized carbons (Fsp3) is 0.556. The summed E-state index contributed by atoms with van der Waals surface area (Å²) in [6.45, 7) is 2.96. The Labute approximate surface area is 151 Å². The van der Waals surface area contributed by atoms with Crippen LogP contribution in [0.5, 0.6) is 0 Å². The molecule has 140 valence electrons. The first-order valence-corrected chi connectivity index (χ1v) is 8.56. The molecule has 1 aromatic heterocycles. The first kappa shape index (κ1) is 19.5. The summed E-state index contributed by atoms with van der Waals surface area (Å²) in [5.41, 5.74) is 0.550. The zero-order valence-electron chi connectivity index (χ0n) is 15.2. The average molecular weight is 361 g/mol. The molecule has 1 aliphatic rings. The van der Waals surface area contributed by atoms with E-state index in [-0.39, 0.29) is 5.69 Å². The van der Waals surface area contributed by atoms with Crippen molar-refractivity contribution >= 4 is 17.8 Å². The van der Waals surface area contributed by atoms with Gasteiger partial charge in [0.1, 0.15) is 11.2 Å². The summed E-state index contributed by atoms with van der Waals surface area (Å²) in [7, 11) is 1.27. The molecule has 26 heavy (non-hydrogen) atoms. The van der Waals surface area contributed by atoms with Crippen LogP contribution in [0.2, 0.25) is 0 Å². The Kier molecular flexibility index (Phi) is 6.03. The highest BCUT2D eigenvalue weighted by atomic mass is 16.5. The third-order valence-electron chi connectivity index (χ3n) is 4.66. The molecule has 1 amide bonds. The molecule has 1 aliphatic carbocycles. The number of hydrogen-bond donors (Lipinski definition) is 2. The van der Waals surface area contributed by atoms with Crippen molar-refractivity contribution < 1.29 is 23.9 Å². The Morgan fingerprint density at radius 1 is 1.27 bits per heavy atom. The number of H-pyrrole nitrogens is 1. The fourth-order valence-electron chi connectivity index (χ4n) is 3.26. The van der Waals surface area contributed by atoms with Crippen LogP contribution in [0.25, 0.3) is 0 Å². The number of aryl methyl sites for hydroxylation is 1. The van der Waals surface area contributed by atoms with Crippen LogP contribution >= 0.6 is 0 Å². The smallest absolute Gasteiger partial charge is 0.355 e. The van der Waals surface area contributed by atoms with Crippen LogP contribution < -0.4 is 5.32 Å². The van der Waals surface area contributed by atoms with Gasteiger partial charge < -0.3 is 19.8 Å². The van der Waals surface area contributed by atoms with Gasteiger partial charge in [-0.15, -0.1) is 0 Å². The van der Waals surface area contributed by atoms with E-state index in [4.69, 9.17) is 9.47 Å². The fourth-order valence-corrected chi connectivity index (χ4v) is 3.26. The standard InChI is InChI=1S/C18H23N3O5/c1-4-12-14(16(23)25-3)11(2)15(20-12)17(24)26-9-13(22)21-18(10-19)7-5-6-8-18/h20H,4-9H2,1-3H3,(H,21,22). The number of nitriles is 1. The summed E-state index contributed by atoms with van der Waals surface area (Å²) < 4.78 is 9.80. The van der Waals surface area contributed by atoms with Crippen LogP contribution in [-0.2, 0) is 20.7 Å². The lowest BCUT2D eigenvalue weighted by atomic mass is 10.00. The van der Waals surface area contributed by atoms with Gasteiger partial charge in [0, 0.05) is 5.69 Å². The molecule has 1 fully saturated rings. The minimum absolute atomic E-state index is 0.117.